The van der Waals surface area contributed by atoms with Crippen LogP contribution in [0.4, 0.5) is 14.6 Å². The van der Waals surface area contributed by atoms with Crippen LogP contribution in [0, 0.1) is 36.8 Å². The van der Waals surface area contributed by atoms with Crippen LogP contribution in [0.25, 0.3) is 5.69 Å². The van der Waals surface area contributed by atoms with Crippen LogP contribution in [0.5, 0.6) is 0 Å². The van der Waals surface area contributed by atoms with Crippen molar-refractivity contribution in [1.82, 2.24) is 4.57 Å². The van der Waals surface area contributed by atoms with Crippen molar-refractivity contribution in [2.24, 2.45) is 0 Å². The maximum Gasteiger partial charge on any atom is 0.160 e. The number of halogens is 2. The quantitative estimate of drug-likeness (QED) is 0.842. The minimum absolute atomic E-state index is 0.235. The summed E-state index contributed by atoms with van der Waals surface area (Å²) in [5.74, 6) is -1.63. The predicted molar refractivity (Wildman–Crippen MR) is 64.3 cm³/mol. The molecule has 1 aromatic carbocycles. The van der Waals surface area contributed by atoms with Gasteiger partial charge in [-0.05, 0) is 31.5 Å². The van der Waals surface area contributed by atoms with Crippen molar-refractivity contribution in [2.45, 2.75) is 13.8 Å². The molecule has 0 aliphatic carbocycles. The van der Waals surface area contributed by atoms with Crippen molar-refractivity contribution in [3.8, 4) is 11.8 Å². The highest BCUT2D eigenvalue weighted by Gasteiger charge is 2.17. The van der Waals surface area contributed by atoms with Gasteiger partial charge in [0.2, 0.25) is 0 Å². The molecule has 0 aliphatic heterocycles. The Hall–Kier alpha value is -2.35. The average Bonchev–Trinajstić information content (AvgIpc) is 2.54. The van der Waals surface area contributed by atoms with Crippen molar-refractivity contribution in [3.63, 3.8) is 0 Å². The van der Waals surface area contributed by atoms with Gasteiger partial charge in [0.1, 0.15) is 11.9 Å². The molecule has 0 atom stereocenters. The lowest BCUT2D eigenvalue weighted by atomic mass is 10.2. The molecule has 0 fully saturated rings. The second-order valence-corrected chi connectivity index (χ2v) is 4.02. The summed E-state index contributed by atoms with van der Waals surface area (Å²) in [5.41, 5.74) is 8.08. The Bertz CT molecular complexity index is 666. The Morgan fingerprint density at radius 3 is 2.39 bits per heavy atom. The Morgan fingerprint density at radius 1 is 1.22 bits per heavy atom. The van der Waals surface area contributed by atoms with Crippen molar-refractivity contribution >= 4 is 5.82 Å². The summed E-state index contributed by atoms with van der Waals surface area (Å²) in [7, 11) is 0. The van der Waals surface area contributed by atoms with Crippen LogP contribution in [0.1, 0.15) is 16.8 Å². The first-order valence-electron chi connectivity index (χ1n) is 5.30. The smallest absolute Gasteiger partial charge is 0.160 e. The summed E-state index contributed by atoms with van der Waals surface area (Å²) in [5, 5.41) is 9.01. The van der Waals surface area contributed by atoms with Gasteiger partial charge in [-0.3, -0.25) is 4.57 Å². The summed E-state index contributed by atoms with van der Waals surface area (Å²) < 4.78 is 27.7. The van der Waals surface area contributed by atoms with E-state index in [-0.39, 0.29) is 5.82 Å². The molecular weight excluding hydrogens is 236 g/mol. The summed E-state index contributed by atoms with van der Waals surface area (Å²) >= 11 is 0. The molecule has 0 saturated carbocycles. The highest BCUT2D eigenvalue weighted by Crippen LogP contribution is 2.27. The van der Waals surface area contributed by atoms with Crippen LogP contribution in [-0.2, 0) is 0 Å². The summed E-state index contributed by atoms with van der Waals surface area (Å²) in [6, 6.07) is 5.51. The van der Waals surface area contributed by atoms with E-state index in [4.69, 9.17) is 11.0 Å². The lowest BCUT2D eigenvalue weighted by Gasteiger charge is -2.09. The molecule has 0 bridgehead atoms. The number of aromatic nitrogens is 1. The molecule has 2 rings (SSSR count). The van der Waals surface area contributed by atoms with Gasteiger partial charge >= 0.3 is 0 Å². The highest BCUT2D eigenvalue weighted by molar-refractivity contribution is 5.62. The van der Waals surface area contributed by atoms with Gasteiger partial charge in [-0.25, -0.2) is 8.78 Å². The molecule has 3 nitrogen and oxygen atoms in total. The Balaban J connectivity index is 2.72. The average molecular weight is 247 g/mol. The zero-order chi connectivity index (χ0) is 13.4. The van der Waals surface area contributed by atoms with Gasteiger partial charge < -0.3 is 5.73 Å². The van der Waals surface area contributed by atoms with E-state index in [0.717, 1.165) is 23.4 Å². The van der Waals surface area contributed by atoms with Crippen LogP contribution >= 0.6 is 0 Å². The van der Waals surface area contributed by atoms with Gasteiger partial charge in [0.05, 0.1) is 11.3 Å². The Morgan fingerprint density at radius 2 is 1.89 bits per heavy atom. The number of rotatable bonds is 1. The summed E-state index contributed by atoms with van der Waals surface area (Å²) in [4.78, 5) is 0. The predicted octanol–water partition coefficient (Wildman–Crippen LogP) is 2.83. The third-order valence-electron chi connectivity index (χ3n) is 3.02. The number of nitrogens with zero attached hydrogens (tertiary/aromatic N) is 2. The van der Waals surface area contributed by atoms with E-state index in [1.165, 1.54) is 10.6 Å². The van der Waals surface area contributed by atoms with Gasteiger partial charge in [0.25, 0.3) is 0 Å². The van der Waals surface area contributed by atoms with Crippen LogP contribution in [-0.4, -0.2) is 4.57 Å². The molecule has 0 amide bonds. The maximum atomic E-state index is 13.2. The second kappa shape index (κ2) is 4.15. The van der Waals surface area contributed by atoms with Crippen molar-refractivity contribution in [1.29, 1.82) is 5.26 Å². The Kier molecular flexibility index (Phi) is 2.79. The summed E-state index contributed by atoms with van der Waals surface area (Å²) in [6.45, 7) is 3.54. The molecule has 18 heavy (non-hydrogen) atoms. The van der Waals surface area contributed by atoms with Gasteiger partial charge in [0.15, 0.2) is 11.6 Å². The normalized spacial score (nSPS) is 10.4. The first kappa shape index (κ1) is 12.1. The standard InChI is InChI=1S/C13H11F2N3/c1-7-8(2)18(13(17)10(7)6-16)9-3-4-11(14)12(15)5-9/h3-5H,17H2,1-2H3. The first-order valence-corrected chi connectivity index (χ1v) is 5.30. The zero-order valence-electron chi connectivity index (χ0n) is 9.96. The van der Waals surface area contributed by atoms with Gasteiger partial charge in [-0.15, -0.1) is 0 Å². The molecule has 0 spiro atoms. The largest absolute Gasteiger partial charge is 0.384 e. The molecule has 0 saturated heterocycles. The van der Waals surface area contributed by atoms with E-state index in [1.54, 1.807) is 13.8 Å². The highest BCUT2D eigenvalue weighted by atomic mass is 19.2. The fourth-order valence-corrected chi connectivity index (χ4v) is 1.93. The minimum atomic E-state index is -0.948. The van der Waals surface area contributed by atoms with Gasteiger partial charge in [-0.1, -0.05) is 0 Å². The van der Waals surface area contributed by atoms with E-state index in [0.29, 0.717) is 11.3 Å². The molecular formula is C13H11F2N3. The van der Waals surface area contributed by atoms with E-state index in [2.05, 4.69) is 0 Å². The van der Waals surface area contributed by atoms with Crippen LogP contribution < -0.4 is 5.73 Å². The van der Waals surface area contributed by atoms with E-state index in [1.807, 2.05) is 6.07 Å². The van der Waals surface area contributed by atoms with Gasteiger partial charge in [-0.2, -0.15) is 5.26 Å². The molecule has 1 aromatic heterocycles. The third-order valence-corrected chi connectivity index (χ3v) is 3.02. The number of hydrogen-bond acceptors (Lipinski definition) is 2. The molecule has 1 heterocycles. The molecule has 0 aliphatic rings. The van der Waals surface area contributed by atoms with Crippen LogP contribution in [0.15, 0.2) is 18.2 Å². The number of hydrogen-bond donors (Lipinski definition) is 1. The van der Waals surface area contributed by atoms with E-state index >= 15 is 0 Å². The number of nitrogens with two attached hydrogens (primary N) is 1. The monoisotopic (exact) mass is 247 g/mol. The maximum absolute atomic E-state index is 13.2. The molecule has 5 heteroatoms. The molecule has 0 unspecified atom stereocenters. The minimum Gasteiger partial charge on any atom is -0.384 e. The van der Waals surface area contributed by atoms with Crippen LogP contribution in [0.2, 0.25) is 0 Å². The van der Waals surface area contributed by atoms with Gasteiger partial charge in [0, 0.05) is 11.8 Å². The SMILES string of the molecule is Cc1c(C#N)c(N)n(-c2ccc(F)c(F)c2)c1C. The number of nitrogen functional groups attached to an aromatic ring is 1. The van der Waals surface area contributed by atoms with Crippen LogP contribution in [0.3, 0.4) is 0 Å². The molecule has 92 valence electrons. The molecule has 2 N–H and O–H groups in total. The fraction of sp³-hybridized carbons (Fsp3) is 0.154. The van der Waals surface area contributed by atoms with E-state index in [9.17, 15) is 8.78 Å². The van der Waals surface area contributed by atoms with Crippen molar-refractivity contribution < 1.29 is 8.78 Å². The zero-order valence-corrected chi connectivity index (χ0v) is 9.96. The van der Waals surface area contributed by atoms with Crippen molar-refractivity contribution in [2.75, 3.05) is 5.73 Å². The van der Waals surface area contributed by atoms with Crippen molar-refractivity contribution in [3.05, 3.63) is 46.7 Å². The fourth-order valence-electron chi connectivity index (χ4n) is 1.93. The van der Waals surface area contributed by atoms with E-state index < -0.39 is 11.6 Å². The molecule has 2 aromatic rings. The lowest BCUT2D eigenvalue weighted by Crippen LogP contribution is -2.03. The lowest BCUT2D eigenvalue weighted by molar-refractivity contribution is 0.508. The summed E-state index contributed by atoms with van der Waals surface area (Å²) in [6.07, 6.45) is 0. The number of anilines is 1. The number of benzene rings is 1. The second-order valence-electron chi connectivity index (χ2n) is 4.02. The first-order chi connectivity index (χ1) is 8.47. The number of nitriles is 1. The third kappa shape index (κ3) is 1.63. The Labute approximate surface area is 103 Å². The topological polar surface area (TPSA) is 54.7 Å². The molecule has 0 radical (unpaired) electrons.